The van der Waals surface area contributed by atoms with Crippen molar-refractivity contribution in [1.82, 2.24) is 9.97 Å². The van der Waals surface area contributed by atoms with Gasteiger partial charge in [0.15, 0.2) is 0 Å². The van der Waals surface area contributed by atoms with E-state index < -0.39 is 0 Å². The van der Waals surface area contributed by atoms with Crippen molar-refractivity contribution in [1.29, 1.82) is 0 Å². The van der Waals surface area contributed by atoms with Gasteiger partial charge < -0.3 is 0 Å². The van der Waals surface area contributed by atoms with Gasteiger partial charge in [0, 0.05) is 0 Å². The minimum atomic E-state index is -0.0704. The first-order valence-corrected chi connectivity index (χ1v) is 11.7. The van der Waals surface area contributed by atoms with Crippen LogP contribution in [0.2, 0.25) is 5.21 Å². The normalized spacial score (nSPS) is 11.7. The van der Waals surface area contributed by atoms with Gasteiger partial charge in [-0.2, -0.15) is 0 Å². The van der Waals surface area contributed by atoms with Crippen LogP contribution in [0, 0.1) is 4.77 Å². The Kier molecular flexibility index (Phi) is 4.91. The molecule has 1 unspecified atom stereocenters. The van der Waals surface area contributed by atoms with E-state index >= 15 is 0 Å². The Bertz CT molecular complexity index is 1060. The van der Waals surface area contributed by atoms with Crippen LogP contribution in [0.4, 0.5) is 0 Å². The van der Waals surface area contributed by atoms with E-state index in [1.54, 1.807) is 0 Å². The molecule has 3 aromatic carbocycles. The van der Waals surface area contributed by atoms with Crippen molar-refractivity contribution in [3.63, 3.8) is 0 Å². The van der Waals surface area contributed by atoms with Gasteiger partial charge in [-0.15, -0.1) is 0 Å². The molecular weight excluding hydrogens is 391 g/mol. The molecule has 4 rings (SSSR count). The second-order valence-electron chi connectivity index (χ2n) is 5.92. The molecule has 0 aliphatic rings. The zero-order valence-corrected chi connectivity index (χ0v) is 16.6. The van der Waals surface area contributed by atoms with Crippen molar-refractivity contribution in [2.45, 2.75) is 10.4 Å². The van der Waals surface area contributed by atoms with Gasteiger partial charge in [-0.05, 0) is 0 Å². The number of hydrogen-bond acceptors (Lipinski definition) is 2. The summed E-state index contributed by atoms with van der Waals surface area (Å²) in [4.78, 5) is 6.28. The molecule has 0 bridgehead atoms. The number of imidazole rings is 1. The number of nitrogens with one attached hydrogen (secondary N) is 2. The van der Waals surface area contributed by atoms with Crippen LogP contribution < -0.4 is 4.74 Å². The number of rotatable bonds is 6. The Morgan fingerprint density at radius 3 is 2.72 bits per heavy atom. The first-order valence-electron chi connectivity index (χ1n) is 8.32. The SMILES string of the molecule is S=c1[nH]c2cccc(OCC[AsH]Cc3cccc4ccccc34)c2[nH]1. The number of ether oxygens (including phenoxy) is 1. The summed E-state index contributed by atoms with van der Waals surface area (Å²) in [7, 11) is 0. The molecule has 0 amide bonds. The average Bonchev–Trinajstić information content (AvgIpc) is 3.02. The van der Waals surface area contributed by atoms with Crippen molar-refractivity contribution in [2.75, 3.05) is 6.61 Å². The Morgan fingerprint density at radius 1 is 0.920 bits per heavy atom. The van der Waals surface area contributed by atoms with Crippen LogP contribution in [-0.2, 0) is 5.21 Å². The Balaban J connectivity index is 1.36. The number of para-hydroxylation sites is 1. The van der Waals surface area contributed by atoms with Gasteiger partial charge in [0.1, 0.15) is 0 Å². The van der Waals surface area contributed by atoms with E-state index in [9.17, 15) is 0 Å². The van der Waals surface area contributed by atoms with Crippen LogP contribution in [0.25, 0.3) is 21.8 Å². The van der Waals surface area contributed by atoms with E-state index in [0.29, 0.717) is 4.77 Å². The predicted molar refractivity (Wildman–Crippen MR) is 109 cm³/mol. The topological polar surface area (TPSA) is 40.8 Å². The molecule has 0 aliphatic carbocycles. The van der Waals surface area contributed by atoms with E-state index in [1.807, 2.05) is 18.2 Å². The molecule has 126 valence electrons. The summed E-state index contributed by atoms with van der Waals surface area (Å²) in [6.45, 7) is 0.760. The van der Waals surface area contributed by atoms with Crippen LogP contribution in [0.5, 0.6) is 5.75 Å². The van der Waals surface area contributed by atoms with Gasteiger partial charge in [0.2, 0.25) is 0 Å². The fourth-order valence-electron chi connectivity index (χ4n) is 3.05. The third kappa shape index (κ3) is 3.65. The molecule has 0 spiro atoms. The first kappa shape index (κ1) is 16.4. The maximum absolute atomic E-state index is 5.99. The van der Waals surface area contributed by atoms with E-state index in [0.717, 1.165) is 28.6 Å². The molecule has 0 radical (unpaired) electrons. The van der Waals surface area contributed by atoms with E-state index in [2.05, 4.69) is 52.4 Å². The van der Waals surface area contributed by atoms with Gasteiger partial charge in [0.05, 0.1) is 0 Å². The summed E-state index contributed by atoms with van der Waals surface area (Å²) in [6, 6.07) is 21.2. The zero-order chi connectivity index (χ0) is 17.1. The fourth-order valence-corrected chi connectivity index (χ4v) is 5.37. The molecule has 1 atom stereocenters. The third-order valence-electron chi connectivity index (χ3n) is 4.24. The molecule has 1 heterocycles. The number of benzene rings is 3. The number of aromatic amines is 2. The van der Waals surface area contributed by atoms with Crippen LogP contribution in [0.3, 0.4) is 0 Å². The zero-order valence-electron chi connectivity index (χ0n) is 13.7. The van der Waals surface area contributed by atoms with Gasteiger partial charge >= 0.3 is 158 Å². The molecule has 3 nitrogen and oxygen atoms in total. The standard InChI is InChI=1S/C20H19AsN2OS/c25-20-22-17-9-4-10-18(19(17)23-20)24-12-11-21-13-15-7-3-6-14-5-1-2-8-16(14)15/h1-10,21H,11-13H2,(H2,22,23,25). The molecular formula is C20H19AsN2OS. The van der Waals surface area contributed by atoms with Crippen molar-refractivity contribution < 1.29 is 4.74 Å². The number of H-pyrrole nitrogens is 2. The molecule has 5 heteroatoms. The van der Waals surface area contributed by atoms with Crippen LogP contribution in [-0.4, -0.2) is 32.3 Å². The van der Waals surface area contributed by atoms with Crippen LogP contribution >= 0.6 is 12.2 Å². The Morgan fingerprint density at radius 2 is 1.76 bits per heavy atom. The average molecular weight is 410 g/mol. The molecule has 0 saturated heterocycles. The van der Waals surface area contributed by atoms with Gasteiger partial charge in [-0.1, -0.05) is 0 Å². The van der Waals surface area contributed by atoms with E-state index in [-0.39, 0.29) is 15.8 Å². The molecule has 25 heavy (non-hydrogen) atoms. The molecule has 1 aromatic heterocycles. The minimum absolute atomic E-state index is 0.0704. The molecule has 4 aromatic rings. The van der Waals surface area contributed by atoms with Gasteiger partial charge in [-0.25, -0.2) is 0 Å². The number of fused-ring (bicyclic) bond motifs is 2. The molecule has 0 saturated carbocycles. The van der Waals surface area contributed by atoms with Gasteiger partial charge in [0.25, 0.3) is 0 Å². The summed E-state index contributed by atoms with van der Waals surface area (Å²) < 4.78 is 6.63. The molecule has 0 aliphatic heterocycles. The summed E-state index contributed by atoms with van der Waals surface area (Å²) in [5, 5.41) is 5.06. The van der Waals surface area contributed by atoms with Crippen LogP contribution in [0.15, 0.2) is 60.7 Å². The Hall–Kier alpha value is -2.03. The van der Waals surface area contributed by atoms with Crippen molar-refractivity contribution in [2.24, 2.45) is 0 Å². The summed E-state index contributed by atoms with van der Waals surface area (Å²) in [5.41, 5.74) is 3.42. The van der Waals surface area contributed by atoms with Crippen molar-refractivity contribution >= 4 is 49.8 Å². The third-order valence-corrected chi connectivity index (χ3v) is 6.94. The molecule has 0 fully saturated rings. The summed E-state index contributed by atoms with van der Waals surface area (Å²) in [6.07, 6.45) is 0. The number of aromatic nitrogens is 2. The first-order chi connectivity index (χ1) is 12.3. The number of hydrogen-bond donors (Lipinski definition) is 2. The second kappa shape index (κ2) is 7.47. The Labute approximate surface area is 158 Å². The summed E-state index contributed by atoms with van der Waals surface area (Å²) >= 11 is 5.09. The monoisotopic (exact) mass is 410 g/mol. The van der Waals surface area contributed by atoms with E-state index in [4.69, 9.17) is 17.0 Å². The van der Waals surface area contributed by atoms with E-state index in [1.165, 1.54) is 21.5 Å². The fraction of sp³-hybridized carbons (Fsp3) is 0.150. The predicted octanol–water partition coefficient (Wildman–Crippen LogP) is 4.81. The van der Waals surface area contributed by atoms with Crippen LogP contribution in [0.1, 0.15) is 5.56 Å². The van der Waals surface area contributed by atoms with Gasteiger partial charge in [-0.3, -0.25) is 0 Å². The van der Waals surface area contributed by atoms with Crippen molar-refractivity contribution in [3.05, 3.63) is 71.0 Å². The molecule has 2 N–H and O–H groups in total. The second-order valence-corrected chi connectivity index (χ2v) is 9.17. The quantitative estimate of drug-likeness (QED) is 0.272. The summed E-state index contributed by atoms with van der Waals surface area (Å²) in [5.74, 6) is 0.876. The van der Waals surface area contributed by atoms with Crippen molar-refractivity contribution in [3.8, 4) is 5.75 Å². The maximum atomic E-state index is 5.99.